The van der Waals surface area contributed by atoms with E-state index in [1.807, 2.05) is 40.0 Å². The van der Waals surface area contributed by atoms with Crippen LogP contribution >= 0.6 is 11.6 Å². The molecule has 1 aliphatic heterocycles. The Balaban J connectivity index is 1.43. The molecule has 1 amide bonds. The Bertz CT molecular complexity index is 889. The molecule has 1 aromatic carbocycles. The Morgan fingerprint density at radius 1 is 1.07 bits per heavy atom. The normalized spacial score (nSPS) is 27.9. The lowest BCUT2D eigenvalue weighted by molar-refractivity contribution is -0.145. The zero-order valence-electron chi connectivity index (χ0n) is 17.2. The molecule has 5 rings (SSSR count). The first-order valence-corrected chi connectivity index (χ1v) is 11.6. The van der Waals surface area contributed by atoms with Crippen molar-refractivity contribution in [1.29, 1.82) is 0 Å². The number of nitrogens with zero attached hydrogens (tertiary/aromatic N) is 4. The van der Waals surface area contributed by atoms with Crippen molar-refractivity contribution < 1.29 is 9.90 Å². The Morgan fingerprint density at radius 3 is 2.50 bits per heavy atom. The first-order valence-electron chi connectivity index (χ1n) is 11.3. The number of benzene rings is 1. The summed E-state index contributed by atoms with van der Waals surface area (Å²) in [7, 11) is 0. The first kappa shape index (κ1) is 20.0. The van der Waals surface area contributed by atoms with Crippen LogP contribution in [0.25, 0.3) is 0 Å². The van der Waals surface area contributed by atoms with Gasteiger partial charge < -0.3 is 10.0 Å². The number of amides is 1. The van der Waals surface area contributed by atoms with Crippen LogP contribution in [0.3, 0.4) is 0 Å². The van der Waals surface area contributed by atoms with Gasteiger partial charge in [0.25, 0.3) is 0 Å². The number of aliphatic hydroxyl groups is 1. The lowest BCUT2D eigenvalue weighted by atomic mass is 9.85. The quantitative estimate of drug-likeness (QED) is 0.789. The van der Waals surface area contributed by atoms with Gasteiger partial charge in [-0.25, -0.2) is 4.68 Å². The Morgan fingerprint density at radius 2 is 1.80 bits per heavy atom. The minimum absolute atomic E-state index is 0.0742. The number of carbonyl (C=O) groups excluding carboxylic acids is 1. The molecule has 2 heterocycles. The van der Waals surface area contributed by atoms with E-state index in [0.717, 1.165) is 36.9 Å². The summed E-state index contributed by atoms with van der Waals surface area (Å²) < 4.78 is 1.82. The smallest absolute Gasteiger partial charge is 0.226 e. The van der Waals surface area contributed by atoms with Crippen LogP contribution in [0.5, 0.6) is 0 Å². The second-order valence-corrected chi connectivity index (χ2v) is 9.60. The number of carbonyl (C=O) groups is 1. The number of rotatable bonds is 4. The summed E-state index contributed by atoms with van der Waals surface area (Å²) in [6.45, 7) is 0.325. The van der Waals surface area contributed by atoms with Gasteiger partial charge in [0.1, 0.15) is 0 Å². The molecule has 2 saturated carbocycles. The summed E-state index contributed by atoms with van der Waals surface area (Å²) in [4.78, 5) is 15.4. The van der Waals surface area contributed by atoms with Crippen molar-refractivity contribution in [1.82, 2.24) is 19.9 Å². The highest BCUT2D eigenvalue weighted by molar-refractivity contribution is 6.30. The summed E-state index contributed by atoms with van der Waals surface area (Å²) in [6.07, 6.45) is 9.64. The van der Waals surface area contributed by atoms with E-state index in [2.05, 4.69) is 10.3 Å². The van der Waals surface area contributed by atoms with Crippen molar-refractivity contribution in [3.63, 3.8) is 0 Å². The zero-order chi connectivity index (χ0) is 20.7. The lowest BCUT2D eigenvalue weighted by Gasteiger charge is -2.44. The largest absolute Gasteiger partial charge is 0.389 e. The number of likely N-dealkylation sites (tertiary alicyclic amines) is 1. The number of β-amino-alcohol motifs (C(OH)–C–C–N with tert-alkyl or cyclic N) is 1. The van der Waals surface area contributed by atoms with Crippen molar-refractivity contribution in [2.24, 2.45) is 5.92 Å². The molecule has 3 fully saturated rings. The predicted octanol–water partition coefficient (Wildman–Crippen LogP) is 4.26. The topological polar surface area (TPSA) is 71.2 Å². The highest BCUT2D eigenvalue weighted by Crippen LogP contribution is 2.41. The van der Waals surface area contributed by atoms with E-state index in [-0.39, 0.29) is 23.9 Å². The molecule has 1 saturated heterocycles. The highest BCUT2D eigenvalue weighted by Gasteiger charge is 2.41. The first-order chi connectivity index (χ1) is 14.6. The van der Waals surface area contributed by atoms with Gasteiger partial charge in [0, 0.05) is 29.6 Å². The summed E-state index contributed by atoms with van der Waals surface area (Å²) >= 11 is 6.11. The summed E-state index contributed by atoms with van der Waals surface area (Å²) in [5, 5.41) is 20.4. The number of hydrogen-bond acceptors (Lipinski definition) is 4. The summed E-state index contributed by atoms with van der Waals surface area (Å²) in [5.41, 5.74) is 2.08. The molecule has 7 heteroatoms. The Hall–Kier alpha value is -1.92. The molecule has 3 atom stereocenters. The number of hydrogen-bond donors (Lipinski definition) is 1. The van der Waals surface area contributed by atoms with E-state index in [4.69, 9.17) is 11.6 Å². The SMILES string of the molecule is O=C(C1CCCCC1)N1C[C@H](O)[C@H](n2cc(C3CC3)nn2)C[C@@H]1c1ccc(Cl)cc1. The van der Waals surface area contributed by atoms with Crippen LogP contribution in [0.1, 0.15) is 80.6 Å². The van der Waals surface area contributed by atoms with Crippen molar-refractivity contribution in [2.75, 3.05) is 6.54 Å². The van der Waals surface area contributed by atoms with Crippen LogP contribution in [-0.4, -0.2) is 43.6 Å². The monoisotopic (exact) mass is 428 g/mol. The van der Waals surface area contributed by atoms with Crippen molar-refractivity contribution in [3.05, 3.63) is 46.7 Å². The van der Waals surface area contributed by atoms with Crippen molar-refractivity contribution in [2.45, 2.75) is 75.5 Å². The van der Waals surface area contributed by atoms with E-state index in [9.17, 15) is 9.90 Å². The van der Waals surface area contributed by atoms with Crippen molar-refractivity contribution in [3.8, 4) is 0 Å². The predicted molar refractivity (Wildman–Crippen MR) is 114 cm³/mol. The average molecular weight is 429 g/mol. The van der Waals surface area contributed by atoms with Crippen LogP contribution in [0.4, 0.5) is 0 Å². The van der Waals surface area contributed by atoms with Crippen LogP contribution in [0.15, 0.2) is 30.5 Å². The second-order valence-electron chi connectivity index (χ2n) is 9.16. The molecule has 1 aromatic heterocycles. The molecule has 2 aliphatic carbocycles. The Labute approximate surface area is 182 Å². The van der Waals surface area contributed by atoms with Gasteiger partial charge in [-0.15, -0.1) is 5.10 Å². The lowest BCUT2D eigenvalue weighted by Crippen LogP contribution is -2.51. The maximum Gasteiger partial charge on any atom is 0.226 e. The minimum Gasteiger partial charge on any atom is -0.389 e. The van der Waals surface area contributed by atoms with Gasteiger partial charge in [0.05, 0.1) is 23.9 Å². The van der Waals surface area contributed by atoms with E-state index in [1.54, 1.807) is 0 Å². The van der Waals surface area contributed by atoms with Crippen LogP contribution in [0.2, 0.25) is 5.02 Å². The third kappa shape index (κ3) is 4.00. The van der Waals surface area contributed by atoms with Gasteiger partial charge in [0.2, 0.25) is 5.91 Å². The molecule has 0 unspecified atom stereocenters. The molecule has 160 valence electrons. The molecule has 2 aromatic rings. The van der Waals surface area contributed by atoms with E-state index < -0.39 is 6.10 Å². The number of aromatic nitrogens is 3. The van der Waals surface area contributed by atoms with Gasteiger partial charge >= 0.3 is 0 Å². The molecule has 3 aliphatic rings. The maximum atomic E-state index is 13.4. The molecule has 1 N–H and O–H groups in total. The number of piperidine rings is 1. The average Bonchev–Trinajstić information content (AvgIpc) is 3.51. The van der Waals surface area contributed by atoms with Gasteiger partial charge in [0.15, 0.2) is 0 Å². The molecule has 0 radical (unpaired) electrons. The second kappa shape index (κ2) is 8.31. The van der Waals surface area contributed by atoms with E-state index >= 15 is 0 Å². The van der Waals surface area contributed by atoms with Crippen molar-refractivity contribution >= 4 is 17.5 Å². The summed E-state index contributed by atoms with van der Waals surface area (Å²) in [5.74, 6) is 0.783. The third-order valence-corrected chi connectivity index (χ3v) is 7.28. The Kier molecular flexibility index (Phi) is 5.54. The van der Waals surface area contributed by atoms with Gasteiger partial charge in [-0.1, -0.05) is 48.2 Å². The van der Waals surface area contributed by atoms with E-state index in [1.165, 1.54) is 19.3 Å². The van der Waals surface area contributed by atoms with Gasteiger partial charge in [-0.2, -0.15) is 0 Å². The molecule has 0 bridgehead atoms. The van der Waals surface area contributed by atoms with Crippen LogP contribution in [-0.2, 0) is 4.79 Å². The maximum absolute atomic E-state index is 13.4. The number of halogens is 1. The number of aliphatic hydroxyl groups excluding tert-OH is 1. The molecule has 30 heavy (non-hydrogen) atoms. The van der Waals surface area contributed by atoms with Crippen LogP contribution in [0, 0.1) is 5.92 Å². The van der Waals surface area contributed by atoms with Gasteiger partial charge in [-0.05, 0) is 49.8 Å². The fourth-order valence-corrected chi connectivity index (χ4v) is 5.22. The molecular weight excluding hydrogens is 400 g/mol. The minimum atomic E-state index is -0.658. The summed E-state index contributed by atoms with van der Waals surface area (Å²) in [6, 6.07) is 7.46. The molecule has 0 spiro atoms. The molecular formula is C23H29ClN4O2. The highest BCUT2D eigenvalue weighted by atomic mass is 35.5. The van der Waals surface area contributed by atoms with Gasteiger partial charge in [-0.3, -0.25) is 4.79 Å². The van der Waals surface area contributed by atoms with E-state index in [0.29, 0.717) is 23.9 Å². The standard InChI is InChI=1S/C23H29ClN4O2/c24-18-10-8-16(9-11-18)20-12-21(28-13-19(25-26-28)15-6-7-15)22(29)14-27(20)23(30)17-4-2-1-3-5-17/h8-11,13,15,17,20-22,29H,1-7,12,14H2/t20-,21-,22+/m1/s1. The van der Waals surface area contributed by atoms with Crippen LogP contribution < -0.4 is 0 Å². The third-order valence-electron chi connectivity index (χ3n) is 7.02. The fraction of sp³-hybridized carbons (Fsp3) is 0.609. The fourth-order valence-electron chi connectivity index (χ4n) is 5.10. The zero-order valence-corrected chi connectivity index (χ0v) is 17.9. The molecule has 6 nitrogen and oxygen atoms in total.